The summed E-state index contributed by atoms with van der Waals surface area (Å²) in [4.78, 5) is 2.17. The predicted octanol–water partition coefficient (Wildman–Crippen LogP) is 3.27. The summed E-state index contributed by atoms with van der Waals surface area (Å²) in [6, 6.07) is 4.37. The largest absolute Gasteiger partial charge is 0.494 e. The molecule has 0 saturated carbocycles. The van der Waals surface area contributed by atoms with Crippen LogP contribution in [0.5, 0.6) is 5.75 Å². The molecular weight excluding hydrogens is 236 g/mol. The maximum Gasteiger partial charge on any atom is 0.145 e. The fourth-order valence-electron chi connectivity index (χ4n) is 2.10. The van der Waals surface area contributed by atoms with Crippen molar-refractivity contribution in [3.05, 3.63) is 23.3 Å². The first kappa shape index (κ1) is 15.8. The van der Waals surface area contributed by atoms with E-state index in [2.05, 4.69) is 64.1 Å². The number of aryl methyl sites for hydroxylation is 1. The summed E-state index contributed by atoms with van der Waals surface area (Å²) < 4.78 is 5.64. The third kappa shape index (κ3) is 4.43. The molecule has 0 heterocycles. The maximum absolute atomic E-state index is 5.64. The third-order valence-corrected chi connectivity index (χ3v) is 3.12. The van der Waals surface area contributed by atoms with Crippen molar-refractivity contribution in [1.82, 2.24) is 4.90 Å². The molecule has 19 heavy (non-hydrogen) atoms. The third-order valence-electron chi connectivity index (χ3n) is 3.12. The van der Waals surface area contributed by atoms with Gasteiger partial charge in [0.2, 0.25) is 0 Å². The summed E-state index contributed by atoms with van der Waals surface area (Å²) in [6.07, 6.45) is 0. The van der Waals surface area contributed by atoms with Gasteiger partial charge in [-0.3, -0.25) is 0 Å². The van der Waals surface area contributed by atoms with Gasteiger partial charge in [-0.05, 0) is 38.1 Å². The SMILES string of the molecule is COc1c(NCCN(C)C)cc(C)cc1C(C)(C)C. The topological polar surface area (TPSA) is 24.5 Å². The molecule has 0 aliphatic carbocycles. The highest BCUT2D eigenvalue weighted by molar-refractivity contribution is 5.63. The van der Waals surface area contributed by atoms with Crippen molar-refractivity contribution in [3.63, 3.8) is 0 Å². The number of nitrogens with one attached hydrogen (secondary N) is 1. The Bertz CT molecular complexity index is 419. The van der Waals surface area contributed by atoms with Crippen molar-refractivity contribution in [1.29, 1.82) is 0 Å². The summed E-state index contributed by atoms with van der Waals surface area (Å²) in [5.41, 5.74) is 3.68. The highest BCUT2D eigenvalue weighted by atomic mass is 16.5. The summed E-state index contributed by atoms with van der Waals surface area (Å²) in [6.45, 7) is 10.7. The maximum atomic E-state index is 5.64. The van der Waals surface area contributed by atoms with Gasteiger partial charge in [0.05, 0.1) is 12.8 Å². The summed E-state index contributed by atoms with van der Waals surface area (Å²) in [7, 11) is 5.91. The molecule has 0 aliphatic heterocycles. The monoisotopic (exact) mass is 264 g/mol. The van der Waals surface area contributed by atoms with E-state index in [9.17, 15) is 0 Å². The fraction of sp³-hybridized carbons (Fsp3) is 0.625. The van der Waals surface area contributed by atoms with Gasteiger partial charge in [-0.15, -0.1) is 0 Å². The van der Waals surface area contributed by atoms with E-state index in [0.29, 0.717) is 0 Å². The van der Waals surface area contributed by atoms with Crippen LogP contribution >= 0.6 is 0 Å². The van der Waals surface area contributed by atoms with Crippen LogP contribution in [0.1, 0.15) is 31.9 Å². The zero-order valence-electron chi connectivity index (χ0n) is 13.4. The van der Waals surface area contributed by atoms with Gasteiger partial charge < -0.3 is 15.0 Å². The standard InChI is InChI=1S/C16H28N2O/c1-12-10-13(16(2,3)4)15(19-7)14(11-12)17-8-9-18(5)6/h10-11,17H,8-9H2,1-7H3. The van der Waals surface area contributed by atoms with Gasteiger partial charge in [-0.2, -0.15) is 0 Å². The van der Waals surface area contributed by atoms with Crippen LogP contribution in [0.2, 0.25) is 0 Å². The molecule has 3 nitrogen and oxygen atoms in total. The van der Waals surface area contributed by atoms with Crippen molar-refractivity contribution in [3.8, 4) is 5.75 Å². The van der Waals surface area contributed by atoms with E-state index in [0.717, 1.165) is 24.5 Å². The second-order valence-corrected chi connectivity index (χ2v) is 6.37. The number of hydrogen-bond acceptors (Lipinski definition) is 3. The van der Waals surface area contributed by atoms with E-state index < -0.39 is 0 Å². The van der Waals surface area contributed by atoms with E-state index >= 15 is 0 Å². The van der Waals surface area contributed by atoms with E-state index in [4.69, 9.17) is 4.74 Å². The Balaban J connectivity index is 3.06. The molecule has 3 heteroatoms. The molecule has 0 spiro atoms. The van der Waals surface area contributed by atoms with Crippen molar-refractivity contribution >= 4 is 5.69 Å². The minimum Gasteiger partial charge on any atom is -0.494 e. The minimum atomic E-state index is 0.0787. The molecule has 1 aromatic rings. The molecule has 0 aromatic heterocycles. The molecule has 108 valence electrons. The van der Waals surface area contributed by atoms with Gasteiger partial charge in [-0.1, -0.05) is 26.8 Å². The summed E-state index contributed by atoms with van der Waals surface area (Å²) >= 11 is 0. The molecule has 0 aliphatic rings. The van der Waals surface area contributed by atoms with E-state index in [1.165, 1.54) is 11.1 Å². The van der Waals surface area contributed by atoms with Crippen molar-refractivity contribution in [2.45, 2.75) is 33.1 Å². The highest BCUT2D eigenvalue weighted by Gasteiger charge is 2.21. The van der Waals surface area contributed by atoms with Gasteiger partial charge in [0, 0.05) is 18.7 Å². The molecule has 0 bridgehead atoms. The van der Waals surface area contributed by atoms with E-state index in [1.54, 1.807) is 7.11 Å². The lowest BCUT2D eigenvalue weighted by Gasteiger charge is -2.25. The first-order valence-corrected chi connectivity index (χ1v) is 6.83. The number of rotatable bonds is 5. The average Bonchev–Trinajstić information content (AvgIpc) is 2.26. The van der Waals surface area contributed by atoms with Crippen LogP contribution in [0.3, 0.4) is 0 Å². The minimum absolute atomic E-state index is 0.0787. The Morgan fingerprint density at radius 2 is 1.84 bits per heavy atom. The van der Waals surface area contributed by atoms with Gasteiger partial charge in [0.15, 0.2) is 0 Å². The van der Waals surface area contributed by atoms with Crippen molar-refractivity contribution in [2.75, 3.05) is 39.6 Å². The molecule has 0 radical (unpaired) electrons. The van der Waals surface area contributed by atoms with Crippen LogP contribution < -0.4 is 10.1 Å². The van der Waals surface area contributed by atoms with Crippen molar-refractivity contribution in [2.24, 2.45) is 0 Å². The van der Waals surface area contributed by atoms with Crippen LogP contribution in [0.4, 0.5) is 5.69 Å². The van der Waals surface area contributed by atoms with Gasteiger partial charge in [0.25, 0.3) is 0 Å². The molecule has 0 atom stereocenters. The summed E-state index contributed by atoms with van der Waals surface area (Å²) in [5, 5.41) is 3.48. The van der Waals surface area contributed by atoms with Gasteiger partial charge >= 0.3 is 0 Å². The summed E-state index contributed by atoms with van der Waals surface area (Å²) in [5.74, 6) is 0.969. The second-order valence-electron chi connectivity index (χ2n) is 6.37. The molecule has 1 aromatic carbocycles. The molecule has 0 fully saturated rings. The number of anilines is 1. The lowest BCUT2D eigenvalue weighted by molar-refractivity contribution is 0.397. The highest BCUT2D eigenvalue weighted by Crippen LogP contribution is 2.37. The molecule has 0 saturated heterocycles. The zero-order valence-corrected chi connectivity index (χ0v) is 13.4. The molecule has 1 N–H and O–H groups in total. The zero-order chi connectivity index (χ0) is 14.6. The molecule has 0 amide bonds. The van der Waals surface area contributed by atoms with Crippen LogP contribution in [-0.2, 0) is 5.41 Å². The fourth-order valence-corrected chi connectivity index (χ4v) is 2.10. The average molecular weight is 264 g/mol. The Kier molecular flexibility index (Phi) is 5.24. The Hall–Kier alpha value is -1.22. The van der Waals surface area contributed by atoms with Crippen LogP contribution in [-0.4, -0.2) is 39.2 Å². The molecular formula is C16H28N2O. The Morgan fingerprint density at radius 3 is 2.32 bits per heavy atom. The normalized spacial score (nSPS) is 11.8. The Morgan fingerprint density at radius 1 is 1.21 bits per heavy atom. The van der Waals surface area contributed by atoms with E-state index in [1.807, 2.05) is 0 Å². The van der Waals surface area contributed by atoms with Gasteiger partial charge in [0.1, 0.15) is 5.75 Å². The number of nitrogens with zero attached hydrogens (tertiary/aromatic N) is 1. The first-order valence-electron chi connectivity index (χ1n) is 6.83. The smallest absolute Gasteiger partial charge is 0.145 e. The number of methoxy groups -OCH3 is 1. The van der Waals surface area contributed by atoms with E-state index in [-0.39, 0.29) is 5.41 Å². The quantitative estimate of drug-likeness (QED) is 0.883. The van der Waals surface area contributed by atoms with Crippen LogP contribution in [0, 0.1) is 6.92 Å². The van der Waals surface area contributed by atoms with Crippen LogP contribution in [0.25, 0.3) is 0 Å². The van der Waals surface area contributed by atoms with Gasteiger partial charge in [-0.25, -0.2) is 0 Å². The van der Waals surface area contributed by atoms with Crippen LogP contribution in [0.15, 0.2) is 12.1 Å². The predicted molar refractivity (Wildman–Crippen MR) is 83.5 cm³/mol. The number of benzene rings is 1. The second kappa shape index (κ2) is 6.29. The number of likely N-dealkylation sites (N-methyl/N-ethyl adjacent to an activating group) is 1. The first-order chi connectivity index (χ1) is 8.75. The lowest BCUT2D eigenvalue weighted by Crippen LogP contribution is -2.21. The number of ether oxygens (including phenoxy) is 1. The molecule has 0 unspecified atom stereocenters. The Labute approximate surface area is 118 Å². The van der Waals surface area contributed by atoms with Crippen molar-refractivity contribution < 1.29 is 4.74 Å². The lowest BCUT2D eigenvalue weighted by atomic mass is 9.85. The molecule has 1 rings (SSSR count). The number of hydrogen-bond donors (Lipinski definition) is 1.